The summed E-state index contributed by atoms with van der Waals surface area (Å²) in [6, 6.07) is 15.3. The van der Waals surface area contributed by atoms with Gasteiger partial charge in [-0.25, -0.2) is 0 Å². The van der Waals surface area contributed by atoms with Crippen LogP contribution in [0.25, 0.3) is 5.57 Å². The lowest BCUT2D eigenvalue weighted by molar-refractivity contribution is 0.482. The third kappa shape index (κ3) is 4.22. The van der Waals surface area contributed by atoms with Crippen LogP contribution in [-0.4, -0.2) is 20.6 Å². The fraction of sp³-hybridized carbons (Fsp3) is 0.0588. The van der Waals surface area contributed by atoms with Gasteiger partial charge in [-0.05, 0) is 60.2 Å². The summed E-state index contributed by atoms with van der Waals surface area (Å²) < 4.78 is 6.82. The van der Waals surface area contributed by atoms with Crippen molar-refractivity contribution in [2.75, 3.05) is 5.32 Å². The molecule has 3 aromatic rings. The predicted molar refractivity (Wildman–Crippen MR) is 96.8 cm³/mol. The number of halogens is 1. The molecule has 0 aliphatic rings. The molecule has 2 aromatic carbocycles. The third-order valence-electron chi connectivity index (χ3n) is 3.33. The molecule has 0 aliphatic carbocycles. The van der Waals surface area contributed by atoms with Crippen LogP contribution in [0.3, 0.4) is 0 Å². The van der Waals surface area contributed by atoms with Crippen LogP contribution in [0.2, 0.25) is 0 Å². The molecule has 0 unspecified atom stereocenters. The highest BCUT2D eigenvalue weighted by Gasteiger charge is 2.06. The molecule has 0 radical (unpaired) electrons. The molecule has 1 heterocycles. The van der Waals surface area contributed by atoms with Crippen molar-refractivity contribution < 1.29 is 4.74 Å². The van der Waals surface area contributed by atoms with Gasteiger partial charge in [0.2, 0.25) is 5.82 Å². The highest BCUT2D eigenvalue weighted by molar-refractivity contribution is 9.10. The number of tetrazole rings is 1. The molecule has 8 heteroatoms. The van der Waals surface area contributed by atoms with Gasteiger partial charge in [0.15, 0.2) is 0 Å². The maximum atomic E-state index is 9.17. The van der Waals surface area contributed by atoms with Crippen molar-refractivity contribution in [3.63, 3.8) is 0 Å². The fourth-order valence-electron chi connectivity index (χ4n) is 2.07. The summed E-state index contributed by atoms with van der Waals surface area (Å²) in [7, 11) is 0. The summed E-state index contributed by atoms with van der Waals surface area (Å²) >= 11 is 3.39. The van der Waals surface area contributed by atoms with E-state index in [4.69, 9.17) is 10.00 Å². The highest BCUT2D eigenvalue weighted by Crippen LogP contribution is 2.27. The van der Waals surface area contributed by atoms with Crippen LogP contribution in [0.4, 0.5) is 5.69 Å². The van der Waals surface area contributed by atoms with Gasteiger partial charge in [0.1, 0.15) is 23.1 Å². The van der Waals surface area contributed by atoms with Crippen molar-refractivity contribution >= 4 is 27.2 Å². The zero-order valence-corrected chi connectivity index (χ0v) is 14.8. The first-order chi connectivity index (χ1) is 12.2. The number of nitrogens with zero attached hydrogens (tertiary/aromatic N) is 4. The predicted octanol–water partition coefficient (Wildman–Crippen LogP) is 4.04. The third-order valence-corrected chi connectivity index (χ3v) is 3.85. The number of aromatic amines is 1. The van der Waals surface area contributed by atoms with Crippen LogP contribution in [-0.2, 0) is 0 Å². The van der Waals surface area contributed by atoms with E-state index in [1.165, 1.54) is 0 Å². The van der Waals surface area contributed by atoms with Crippen LogP contribution in [0, 0.1) is 18.3 Å². The Morgan fingerprint density at radius 2 is 2.00 bits per heavy atom. The topological polar surface area (TPSA) is 99.5 Å². The van der Waals surface area contributed by atoms with Crippen molar-refractivity contribution in [3.8, 4) is 17.6 Å². The molecule has 25 heavy (non-hydrogen) atoms. The lowest BCUT2D eigenvalue weighted by Gasteiger charge is -2.10. The highest BCUT2D eigenvalue weighted by atomic mass is 79.9. The summed E-state index contributed by atoms with van der Waals surface area (Å²) in [5.74, 6) is 1.72. The van der Waals surface area contributed by atoms with E-state index in [2.05, 4.69) is 41.9 Å². The number of anilines is 1. The number of nitriles is 1. The summed E-state index contributed by atoms with van der Waals surface area (Å²) in [6.45, 7) is 1.95. The minimum atomic E-state index is 0.239. The lowest BCUT2D eigenvalue weighted by atomic mass is 10.2. The SMILES string of the molecule is Cc1cc(Oc2ccc(Br)cc2)ccc1NC=C(C#N)c1nn[nH]n1. The number of nitrogens with one attached hydrogen (secondary N) is 2. The standard InChI is InChI=1S/C17H13BrN6O/c1-11-8-15(25-14-4-2-13(18)3-5-14)6-7-16(11)20-10-12(9-19)17-21-23-24-22-17/h2-8,10,20H,1H3,(H,21,22,23,24). The molecule has 0 saturated heterocycles. The maximum Gasteiger partial charge on any atom is 0.216 e. The van der Waals surface area contributed by atoms with Crippen LogP contribution < -0.4 is 10.1 Å². The Labute approximate surface area is 152 Å². The van der Waals surface area contributed by atoms with E-state index < -0.39 is 0 Å². The molecular formula is C17H13BrN6O. The number of benzene rings is 2. The van der Waals surface area contributed by atoms with Crippen LogP contribution in [0.15, 0.2) is 53.1 Å². The number of ether oxygens (including phenoxy) is 1. The minimum absolute atomic E-state index is 0.239. The Morgan fingerprint density at radius 3 is 2.64 bits per heavy atom. The van der Waals surface area contributed by atoms with Gasteiger partial charge in [0, 0.05) is 16.4 Å². The number of hydrogen-bond donors (Lipinski definition) is 2. The van der Waals surface area contributed by atoms with Gasteiger partial charge >= 0.3 is 0 Å². The van der Waals surface area contributed by atoms with Crippen molar-refractivity contribution in [2.45, 2.75) is 6.92 Å². The van der Waals surface area contributed by atoms with Crippen LogP contribution in [0.5, 0.6) is 11.5 Å². The van der Waals surface area contributed by atoms with Gasteiger partial charge in [-0.3, -0.25) is 0 Å². The summed E-state index contributed by atoms with van der Waals surface area (Å²) in [4.78, 5) is 0. The number of H-pyrrole nitrogens is 1. The number of hydrogen-bond acceptors (Lipinski definition) is 6. The second kappa shape index (κ2) is 7.59. The van der Waals surface area contributed by atoms with E-state index in [1.807, 2.05) is 55.5 Å². The van der Waals surface area contributed by atoms with Crippen molar-refractivity contribution in [1.82, 2.24) is 20.6 Å². The lowest BCUT2D eigenvalue weighted by Crippen LogP contribution is -1.95. The minimum Gasteiger partial charge on any atom is -0.457 e. The number of aromatic nitrogens is 4. The fourth-order valence-corrected chi connectivity index (χ4v) is 2.34. The molecule has 7 nitrogen and oxygen atoms in total. The Hall–Kier alpha value is -3.18. The summed E-state index contributed by atoms with van der Waals surface area (Å²) in [6.07, 6.45) is 1.54. The molecule has 0 fully saturated rings. The molecule has 0 aliphatic heterocycles. The molecule has 0 bridgehead atoms. The molecule has 124 valence electrons. The molecule has 0 saturated carbocycles. The van der Waals surface area contributed by atoms with Crippen molar-refractivity contribution in [3.05, 3.63) is 64.5 Å². The van der Waals surface area contributed by atoms with E-state index in [0.717, 1.165) is 27.2 Å². The summed E-state index contributed by atoms with van der Waals surface area (Å²) in [5.41, 5.74) is 2.10. The van der Waals surface area contributed by atoms with Crippen molar-refractivity contribution in [1.29, 1.82) is 5.26 Å². The van der Waals surface area contributed by atoms with E-state index in [1.54, 1.807) is 6.20 Å². The first kappa shape index (κ1) is 16.7. The summed E-state index contributed by atoms with van der Waals surface area (Å²) in [5, 5.41) is 25.6. The van der Waals surface area contributed by atoms with Crippen LogP contribution >= 0.6 is 15.9 Å². The second-order valence-electron chi connectivity index (χ2n) is 5.08. The van der Waals surface area contributed by atoms with Crippen LogP contribution in [0.1, 0.15) is 11.4 Å². The van der Waals surface area contributed by atoms with Gasteiger partial charge in [0.25, 0.3) is 0 Å². The van der Waals surface area contributed by atoms with E-state index in [9.17, 15) is 0 Å². The molecule has 0 atom stereocenters. The van der Waals surface area contributed by atoms with E-state index >= 15 is 0 Å². The van der Waals surface area contributed by atoms with E-state index in [0.29, 0.717) is 0 Å². The van der Waals surface area contributed by atoms with Crippen molar-refractivity contribution in [2.24, 2.45) is 0 Å². The first-order valence-electron chi connectivity index (χ1n) is 7.30. The van der Waals surface area contributed by atoms with Gasteiger partial charge in [-0.15, -0.1) is 10.2 Å². The zero-order chi connectivity index (χ0) is 17.6. The van der Waals surface area contributed by atoms with Gasteiger partial charge in [0.05, 0.1) is 0 Å². The molecule has 1 aromatic heterocycles. The average molecular weight is 397 g/mol. The zero-order valence-electron chi connectivity index (χ0n) is 13.2. The Morgan fingerprint density at radius 1 is 1.24 bits per heavy atom. The molecule has 0 amide bonds. The second-order valence-corrected chi connectivity index (χ2v) is 6.00. The Kier molecular flexibility index (Phi) is 5.06. The average Bonchev–Trinajstić information content (AvgIpc) is 3.14. The molecular weight excluding hydrogens is 384 g/mol. The number of rotatable bonds is 5. The monoisotopic (exact) mass is 396 g/mol. The van der Waals surface area contributed by atoms with Gasteiger partial charge in [-0.2, -0.15) is 10.5 Å². The normalized spacial score (nSPS) is 11.0. The number of allylic oxidation sites excluding steroid dienone is 1. The van der Waals surface area contributed by atoms with Gasteiger partial charge in [-0.1, -0.05) is 15.9 Å². The largest absolute Gasteiger partial charge is 0.457 e. The van der Waals surface area contributed by atoms with Gasteiger partial charge < -0.3 is 10.1 Å². The molecule has 2 N–H and O–H groups in total. The molecule has 0 spiro atoms. The Bertz CT molecular complexity index is 929. The van der Waals surface area contributed by atoms with E-state index in [-0.39, 0.29) is 11.4 Å². The Balaban J connectivity index is 1.74. The smallest absolute Gasteiger partial charge is 0.216 e. The molecule has 3 rings (SSSR count). The number of aryl methyl sites for hydroxylation is 1. The quantitative estimate of drug-likeness (QED) is 0.631. The maximum absolute atomic E-state index is 9.17. The first-order valence-corrected chi connectivity index (χ1v) is 8.10.